The first-order valence-electron chi connectivity index (χ1n) is 8.49. The van der Waals surface area contributed by atoms with E-state index in [9.17, 15) is 4.79 Å². The van der Waals surface area contributed by atoms with E-state index in [0.29, 0.717) is 18.0 Å². The molecule has 0 aliphatic heterocycles. The summed E-state index contributed by atoms with van der Waals surface area (Å²) in [6.07, 6.45) is 5.35. The lowest BCUT2D eigenvalue weighted by molar-refractivity contribution is 0.0777. The first-order valence-corrected chi connectivity index (χ1v) is 8.87. The van der Waals surface area contributed by atoms with E-state index in [1.54, 1.807) is 39.8 Å². The first-order chi connectivity index (χ1) is 12.8. The molecule has 142 valence electrons. The SMILES string of the molecule is Cc1cc(OCn2ccc(C(=O)N(C)Cc3cnn(C)c3)n2)cc(C)c1Cl. The molecule has 0 spiro atoms. The molecule has 0 atom stereocenters. The number of benzene rings is 1. The largest absolute Gasteiger partial charge is 0.471 e. The van der Waals surface area contributed by atoms with Crippen molar-refractivity contribution in [3.8, 4) is 5.75 Å². The van der Waals surface area contributed by atoms with E-state index in [1.165, 1.54) is 0 Å². The van der Waals surface area contributed by atoms with Gasteiger partial charge in [-0.25, -0.2) is 4.68 Å². The van der Waals surface area contributed by atoms with Crippen molar-refractivity contribution in [1.29, 1.82) is 0 Å². The van der Waals surface area contributed by atoms with Gasteiger partial charge in [0, 0.05) is 43.6 Å². The summed E-state index contributed by atoms with van der Waals surface area (Å²) in [5, 5.41) is 9.16. The van der Waals surface area contributed by atoms with Crippen molar-refractivity contribution in [3.63, 3.8) is 0 Å². The Morgan fingerprint density at radius 2 is 2.00 bits per heavy atom. The van der Waals surface area contributed by atoms with Gasteiger partial charge in [0.25, 0.3) is 5.91 Å². The minimum absolute atomic E-state index is 0.157. The average Bonchev–Trinajstić information content (AvgIpc) is 3.26. The van der Waals surface area contributed by atoms with Crippen LogP contribution in [0.5, 0.6) is 5.75 Å². The molecule has 0 fully saturated rings. The number of carbonyl (C=O) groups excluding carboxylic acids is 1. The Bertz CT molecular complexity index is 940. The van der Waals surface area contributed by atoms with Crippen molar-refractivity contribution in [2.45, 2.75) is 27.1 Å². The molecule has 7 nitrogen and oxygen atoms in total. The summed E-state index contributed by atoms with van der Waals surface area (Å²) in [5.41, 5.74) is 3.25. The summed E-state index contributed by atoms with van der Waals surface area (Å²) in [5.74, 6) is 0.558. The molecule has 0 N–H and O–H groups in total. The van der Waals surface area contributed by atoms with Gasteiger partial charge < -0.3 is 9.64 Å². The van der Waals surface area contributed by atoms with Crippen molar-refractivity contribution < 1.29 is 9.53 Å². The van der Waals surface area contributed by atoms with Crippen molar-refractivity contribution in [2.75, 3.05) is 7.05 Å². The van der Waals surface area contributed by atoms with Crippen molar-refractivity contribution >= 4 is 17.5 Å². The van der Waals surface area contributed by atoms with E-state index in [1.807, 2.05) is 39.2 Å². The number of carbonyl (C=O) groups is 1. The number of hydrogen-bond donors (Lipinski definition) is 0. The van der Waals surface area contributed by atoms with Gasteiger partial charge in [0.05, 0.1) is 6.20 Å². The molecule has 0 saturated heterocycles. The van der Waals surface area contributed by atoms with Crippen LogP contribution >= 0.6 is 11.6 Å². The Balaban J connectivity index is 1.61. The number of aryl methyl sites for hydroxylation is 3. The van der Waals surface area contributed by atoms with Crippen LogP contribution in [0.4, 0.5) is 0 Å². The number of hydrogen-bond acceptors (Lipinski definition) is 4. The van der Waals surface area contributed by atoms with Gasteiger partial charge in [-0.05, 0) is 43.2 Å². The lowest BCUT2D eigenvalue weighted by Gasteiger charge is -2.14. The highest BCUT2D eigenvalue weighted by atomic mass is 35.5. The normalized spacial score (nSPS) is 10.9. The molecule has 1 amide bonds. The molecular formula is C19H22ClN5O2. The number of ether oxygens (including phenoxy) is 1. The number of amides is 1. The second-order valence-electron chi connectivity index (χ2n) is 6.57. The summed E-state index contributed by atoms with van der Waals surface area (Å²) in [6.45, 7) is 4.55. The molecule has 8 heteroatoms. The third-order valence-corrected chi connectivity index (χ3v) is 4.75. The maximum Gasteiger partial charge on any atom is 0.274 e. The molecule has 0 aliphatic rings. The van der Waals surface area contributed by atoms with Crippen LogP contribution in [0.2, 0.25) is 5.02 Å². The summed E-state index contributed by atoms with van der Waals surface area (Å²) in [7, 11) is 3.58. The van der Waals surface area contributed by atoms with Crippen molar-refractivity contribution in [1.82, 2.24) is 24.5 Å². The molecule has 2 heterocycles. The standard InChI is InChI=1S/C19H22ClN5O2/c1-13-7-16(8-14(2)18(13)20)27-12-25-6-5-17(22-25)19(26)23(3)10-15-9-21-24(4)11-15/h5-9,11H,10,12H2,1-4H3. The van der Waals surface area contributed by atoms with Crippen LogP contribution in [0.1, 0.15) is 27.2 Å². The number of aromatic nitrogens is 4. The van der Waals surface area contributed by atoms with Crippen LogP contribution in [0.3, 0.4) is 0 Å². The quantitative estimate of drug-likeness (QED) is 0.651. The summed E-state index contributed by atoms with van der Waals surface area (Å²) >= 11 is 6.17. The Labute approximate surface area is 163 Å². The third kappa shape index (κ3) is 4.49. The highest BCUT2D eigenvalue weighted by Crippen LogP contribution is 2.26. The van der Waals surface area contributed by atoms with Crippen molar-refractivity contribution in [2.24, 2.45) is 7.05 Å². The van der Waals surface area contributed by atoms with Gasteiger partial charge in [-0.1, -0.05) is 11.6 Å². The predicted molar refractivity (Wildman–Crippen MR) is 103 cm³/mol. The molecule has 0 unspecified atom stereocenters. The zero-order valence-electron chi connectivity index (χ0n) is 15.8. The van der Waals surface area contributed by atoms with Crippen LogP contribution in [-0.2, 0) is 20.3 Å². The van der Waals surface area contributed by atoms with E-state index < -0.39 is 0 Å². The van der Waals surface area contributed by atoms with Crippen LogP contribution in [0.15, 0.2) is 36.8 Å². The van der Waals surface area contributed by atoms with Gasteiger partial charge in [-0.2, -0.15) is 10.2 Å². The number of nitrogens with zero attached hydrogens (tertiary/aromatic N) is 5. The molecule has 0 bridgehead atoms. The summed E-state index contributed by atoms with van der Waals surface area (Å²) in [4.78, 5) is 14.1. The Kier molecular flexibility index (Phi) is 5.51. The van der Waals surface area contributed by atoms with Gasteiger partial charge >= 0.3 is 0 Å². The highest BCUT2D eigenvalue weighted by Gasteiger charge is 2.16. The van der Waals surface area contributed by atoms with E-state index in [-0.39, 0.29) is 12.6 Å². The number of halogens is 1. The maximum atomic E-state index is 12.5. The van der Waals surface area contributed by atoms with E-state index in [4.69, 9.17) is 16.3 Å². The first kappa shape index (κ1) is 19.0. The Hall–Kier alpha value is -2.80. The minimum Gasteiger partial charge on any atom is -0.471 e. The monoisotopic (exact) mass is 387 g/mol. The molecule has 3 rings (SSSR count). The maximum absolute atomic E-state index is 12.5. The highest BCUT2D eigenvalue weighted by molar-refractivity contribution is 6.32. The fourth-order valence-corrected chi connectivity index (χ4v) is 2.88. The number of rotatable bonds is 6. The van der Waals surface area contributed by atoms with Gasteiger partial charge in [0.15, 0.2) is 12.4 Å². The molecule has 1 aromatic carbocycles. The molecule has 3 aromatic rings. The molecule has 0 aliphatic carbocycles. The molecule has 0 radical (unpaired) electrons. The van der Waals surface area contributed by atoms with Gasteiger partial charge in [-0.15, -0.1) is 0 Å². The van der Waals surface area contributed by atoms with Crippen LogP contribution in [-0.4, -0.2) is 37.4 Å². The fourth-order valence-electron chi connectivity index (χ4n) is 2.77. The molecule has 2 aromatic heterocycles. The lowest BCUT2D eigenvalue weighted by Crippen LogP contribution is -2.26. The minimum atomic E-state index is -0.157. The second kappa shape index (κ2) is 7.84. The molecule has 27 heavy (non-hydrogen) atoms. The van der Waals surface area contributed by atoms with E-state index in [2.05, 4.69) is 10.2 Å². The Morgan fingerprint density at radius 1 is 1.30 bits per heavy atom. The fraction of sp³-hybridized carbons (Fsp3) is 0.316. The van der Waals surface area contributed by atoms with Crippen LogP contribution in [0.25, 0.3) is 0 Å². The topological polar surface area (TPSA) is 65.2 Å². The molecular weight excluding hydrogens is 366 g/mol. The van der Waals surface area contributed by atoms with Crippen molar-refractivity contribution in [3.05, 3.63) is 64.2 Å². The van der Waals surface area contributed by atoms with Crippen LogP contribution < -0.4 is 4.74 Å². The van der Waals surface area contributed by atoms with Gasteiger partial charge in [0.1, 0.15) is 5.75 Å². The van der Waals surface area contributed by atoms with Gasteiger partial charge in [0.2, 0.25) is 0 Å². The zero-order valence-corrected chi connectivity index (χ0v) is 16.6. The zero-order chi connectivity index (χ0) is 19.6. The van der Waals surface area contributed by atoms with Crippen LogP contribution in [0, 0.1) is 13.8 Å². The predicted octanol–water partition coefficient (Wildman–Crippen LogP) is 3.20. The lowest BCUT2D eigenvalue weighted by atomic mass is 10.1. The Morgan fingerprint density at radius 3 is 2.63 bits per heavy atom. The summed E-state index contributed by atoms with van der Waals surface area (Å²) < 4.78 is 9.06. The summed E-state index contributed by atoms with van der Waals surface area (Å²) in [6, 6.07) is 5.45. The van der Waals surface area contributed by atoms with E-state index in [0.717, 1.165) is 21.7 Å². The van der Waals surface area contributed by atoms with E-state index >= 15 is 0 Å². The molecule has 0 saturated carbocycles. The third-order valence-electron chi connectivity index (χ3n) is 4.16. The van der Waals surface area contributed by atoms with Gasteiger partial charge in [-0.3, -0.25) is 9.48 Å². The smallest absolute Gasteiger partial charge is 0.274 e. The average molecular weight is 388 g/mol. The second-order valence-corrected chi connectivity index (χ2v) is 6.95.